The van der Waals surface area contributed by atoms with Crippen LogP contribution < -0.4 is 16.0 Å². The lowest BCUT2D eigenvalue weighted by molar-refractivity contribution is 0.485. The van der Waals surface area contributed by atoms with Crippen molar-refractivity contribution in [1.82, 2.24) is 5.32 Å². The van der Waals surface area contributed by atoms with Crippen LogP contribution in [-0.4, -0.2) is 31.9 Å². The zero-order chi connectivity index (χ0) is 12.4. The Kier molecular flexibility index (Phi) is 3.54. The summed E-state index contributed by atoms with van der Waals surface area (Å²) in [5, 5.41) is 11.5. The summed E-state index contributed by atoms with van der Waals surface area (Å²) >= 11 is 6.04. The fraction of sp³-hybridized carbons (Fsp3) is 0.417. The zero-order valence-electron chi connectivity index (χ0n) is 9.83. The molecule has 17 heavy (non-hydrogen) atoms. The van der Waals surface area contributed by atoms with E-state index in [9.17, 15) is 0 Å². The number of halogens is 1. The number of hydrogen-bond donors (Lipinski definition) is 3. The summed E-state index contributed by atoms with van der Waals surface area (Å²) in [4.78, 5) is 2.23. The minimum absolute atomic E-state index is 0.433. The van der Waals surface area contributed by atoms with Gasteiger partial charge in [-0.05, 0) is 19.1 Å². The molecule has 1 atom stereocenters. The molecule has 1 saturated heterocycles. The first-order valence-corrected chi connectivity index (χ1v) is 6.07. The summed E-state index contributed by atoms with van der Waals surface area (Å²) in [7, 11) is 0. The first-order chi connectivity index (χ1) is 8.11. The monoisotopic (exact) mass is 252 g/mol. The van der Waals surface area contributed by atoms with E-state index in [-0.39, 0.29) is 0 Å². The van der Waals surface area contributed by atoms with Crippen LogP contribution in [0.3, 0.4) is 0 Å². The smallest absolute Gasteiger partial charge is 0.0492 e. The third-order valence-corrected chi connectivity index (χ3v) is 3.23. The van der Waals surface area contributed by atoms with E-state index in [2.05, 4.69) is 17.1 Å². The fourth-order valence-corrected chi connectivity index (χ4v) is 2.42. The van der Waals surface area contributed by atoms with Crippen LogP contribution >= 0.6 is 11.6 Å². The van der Waals surface area contributed by atoms with Crippen molar-refractivity contribution in [2.75, 3.05) is 30.3 Å². The molecule has 92 valence electrons. The lowest BCUT2D eigenvalue weighted by Crippen LogP contribution is -2.49. The number of nitrogens with one attached hydrogen (secondary N) is 2. The van der Waals surface area contributed by atoms with Gasteiger partial charge in [0.15, 0.2) is 0 Å². The molecule has 0 radical (unpaired) electrons. The summed E-state index contributed by atoms with van der Waals surface area (Å²) in [5.41, 5.74) is 8.17. The van der Waals surface area contributed by atoms with E-state index in [0.29, 0.717) is 16.8 Å². The van der Waals surface area contributed by atoms with Crippen molar-refractivity contribution in [3.63, 3.8) is 0 Å². The van der Waals surface area contributed by atoms with E-state index in [4.69, 9.17) is 22.7 Å². The van der Waals surface area contributed by atoms with E-state index in [1.54, 1.807) is 6.07 Å². The Labute approximate surface area is 106 Å². The fourth-order valence-electron chi connectivity index (χ4n) is 2.19. The third-order valence-electron chi connectivity index (χ3n) is 3.01. The number of rotatable bonds is 2. The van der Waals surface area contributed by atoms with Gasteiger partial charge in [-0.2, -0.15) is 0 Å². The van der Waals surface area contributed by atoms with Crippen LogP contribution in [0, 0.1) is 5.41 Å². The van der Waals surface area contributed by atoms with E-state index < -0.39 is 0 Å². The topological polar surface area (TPSA) is 65.1 Å². The molecule has 1 aromatic carbocycles. The maximum Gasteiger partial charge on any atom is 0.0492 e. The first kappa shape index (κ1) is 12.2. The summed E-state index contributed by atoms with van der Waals surface area (Å²) in [6.07, 6.45) is 1.30. The lowest BCUT2D eigenvalue weighted by atomic mass is 10.1. The number of benzene rings is 1. The molecule has 1 aliphatic rings. The van der Waals surface area contributed by atoms with Gasteiger partial charge in [0.25, 0.3) is 0 Å². The normalized spacial score (nSPS) is 20.4. The highest BCUT2D eigenvalue weighted by atomic mass is 35.5. The predicted octanol–water partition coefficient (Wildman–Crippen LogP) is 1.72. The van der Waals surface area contributed by atoms with Crippen molar-refractivity contribution in [1.29, 1.82) is 5.41 Å². The largest absolute Gasteiger partial charge is 0.398 e. The maximum atomic E-state index is 7.47. The summed E-state index contributed by atoms with van der Waals surface area (Å²) < 4.78 is 0. The molecule has 0 bridgehead atoms. The molecule has 1 aliphatic heterocycles. The Morgan fingerprint density at radius 3 is 3.00 bits per heavy atom. The van der Waals surface area contributed by atoms with Crippen molar-refractivity contribution in [3.8, 4) is 0 Å². The number of nitrogen functional groups attached to an aromatic ring is 1. The standard InChI is InChI=1S/C12H17ClN4/c1-8-7-17(3-2-16-8)12-5-9(13)4-11(15)10(12)6-14/h4-6,8,14,16H,2-3,7,15H2,1H3. The highest BCUT2D eigenvalue weighted by Gasteiger charge is 2.19. The van der Waals surface area contributed by atoms with Gasteiger partial charge in [0.2, 0.25) is 0 Å². The second-order valence-corrected chi connectivity index (χ2v) is 4.81. The first-order valence-electron chi connectivity index (χ1n) is 5.69. The molecule has 0 spiro atoms. The van der Waals surface area contributed by atoms with Crippen LogP contribution in [0.15, 0.2) is 12.1 Å². The molecule has 0 saturated carbocycles. The zero-order valence-corrected chi connectivity index (χ0v) is 10.6. The van der Waals surface area contributed by atoms with Crippen molar-refractivity contribution in [2.45, 2.75) is 13.0 Å². The summed E-state index contributed by atoms with van der Waals surface area (Å²) in [6, 6.07) is 4.01. The van der Waals surface area contributed by atoms with Crippen molar-refractivity contribution in [2.24, 2.45) is 0 Å². The number of piperazine rings is 1. The minimum Gasteiger partial charge on any atom is -0.398 e. The van der Waals surface area contributed by atoms with Gasteiger partial charge < -0.3 is 21.4 Å². The van der Waals surface area contributed by atoms with Gasteiger partial charge in [0, 0.05) is 53.9 Å². The Morgan fingerprint density at radius 2 is 2.35 bits per heavy atom. The molecule has 0 aliphatic carbocycles. The van der Waals surface area contributed by atoms with Gasteiger partial charge in [-0.25, -0.2) is 0 Å². The predicted molar refractivity (Wildman–Crippen MR) is 73.4 cm³/mol. The molecule has 1 heterocycles. The number of hydrogen-bond acceptors (Lipinski definition) is 4. The van der Waals surface area contributed by atoms with E-state index in [0.717, 1.165) is 30.9 Å². The highest BCUT2D eigenvalue weighted by Crippen LogP contribution is 2.29. The molecule has 0 amide bonds. The van der Waals surface area contributed by atoms with Gasteiger partial charge in [-0.1, -0.05) is 11.6 Å². The van der Waals surface area contributed by atoms with Crippen LogP contribution in [0.25, 0.3) is 0 Å². The van der Waals surface area contributed by atoms with Gasteiger partial charge in [0.1, 0.15) is 0 Å². The number of anilines is 2. The summed E-state index contributed by atoms with van der Waals surface area (Å²) in [5.74, 6) is 0. The van der Waals surface area contributed by atoms with E-state index >= 15 is 0 Å². The summed E-state index contributed by atoms with van der Waals surface area (Å²) in [6.45, 7) is 4.89. The Bertz CT molecular complexity index is 433. The molecule has 1 aromatic rings. The van der Waals surface area contributed by atoms with Crippen molar-refractivity contribution < 1.29 is 0 Å². The minimum atomic E-state index is 0.433. The lowest BCUT2D eigenvalue weighted by Gasteiger charge is -2.34. The molecule has 1 unspecified atom stereocenters. The molecular formula is C12H17ClN4. The van der Waals surface area contributed by atoms with Crippen LogP contribution in [0.5, 0.6) is 0 Å². The maximum absolute atomic E-state index is 7.47. The Balaban J connectivity index is 2.39. The van der Waals surface area contributed by atoms with E-state index in [1.807, 2.05) is 6.07 Å². The Morgan fingerprint density at radius 1 is 1.59 bits per heavy atom. The molecule has 5 heteroatoms. The van der Waals surface area contributed by atoms with Crippen LogP contribution in [0.2, 0.25) is 5.02 Å². The molecule has 2 rings (SSSR count). The van der Waals surface area contributed by atoms with Crippen LogP contribution in [0.1, 0.15) is 12.5 Å². The molecular weight excluding hydrogens is 236 g/mol. The SMILES string of the molecule is CC1CN(c2cc(Cl)cc(N)c2C=N)CCN1. The van der Waals surface area contributed by atoms with E-state index in [1.165, 1.54) is 6.21 Å². The average Bonchev–Trinajstić information content (AvgIpc) is 2.28. The highest BCUT2D eigenvalue weighted by molar-refractivity contribution is 6.31. The van der Waals surface area contributed by atoms with Crippen molar-refractivity contribution >= 4 is 29.2 Å². The van der Waals surface area contributed by atoms with Gasteiger partial charge >= 0.3 is 0 Å². The second kappa shape index (κ2) is 4.94. The van der Waals surface area contributed by atoms with Crippen molar-refractivity contribution in [3.05, 3.63) is 22.7 Å². The number of nitrogens with zero attached hydrogens (tertiary/aromatic N) is 1. The Hall–Kier alpha value is -1.26. The molecule has 4 N–H and O–H groups in total. The van der Waals surface area contributed by atoms with Crippen LogP contribution in [0.4, 0.5) is 11.4 Å². The van der Waals surface area contributed by atoms with Gasteiger partial charge in [0.05, 0.1) is 0 Å². The number of nitrogens with two attached hydrogens (primary N) is 1. The molecule has 0 aromatic heterocycles. The molecule has 1 fully saturated rings. The average molecular weight is 253 g/mol. The van der Waals surface area contributed by atoms with Crippen LogP contribution in [-0.2, 0) is 0 Å². The quantitative estimate of drug-likeness (QED) is 0.555. The third kappa shape index (κ3) is 2.53. The van der Waals surface area contributed by atoms with Gasteiger partial charge in [-0.3, -0.25) is 0 Å². The van der Waals surface area contributed by atoms with Gasteiger partial charge in [-0.15, -0.1) is 0 Å². The molecule has 4 nitrogen and oxygen atoms in total. The second-order valence-electron chi connectivity index (χ2n) is 4.37.